The Balaban J connectivity index is 1.76. The van der Waals surface area contributed by atoms with E-state index in [0.29, 0.717) is 30.9 Å². The molecule has 6 nitrogen and oxygen atoms in total. The number of piperidine rings is 1. The van der Waals surface area contributed by atoms with Crippen molar-refractivity contribution in [3.8, 4) is 5.75 Å². The molecule has 2 heterocycles. The Hall–Kier alpha value is -2.15. The van der Waals surface area contributed by atoms with E-state index < -0.39 is 6.09 Å². The number of carboxylic acid groups (broad SMARTS) is 1. The van der Waals surface area contributed by atoms with Crippen LogP contribution < -0.4 is 4.74 Å². The fraction of sp³-hybridized carbons (Fsp3) is 0.400. The van der Waals surface area contributed by atoms with Crippen LogP contribution in [0.2, 0.25) is 0 Å². The Kier molecular flexibility index (Phi) is 3.98. The molecule has 1 aliphatic rings. The third-order valence-electron chi connectivity index (χ3n) is 3.94. The molecular weight excluding hydrogens is 304 g/mol. The van der Waals surface area contributed by atoms with Gasteiger partial charge in [0.25, 0.3) is 0 Å². The summed E-state index contributed by atoms with van der Waals surface area (Å²) in [6, 6.07) is 5.53. The Morgan fingerprint density at radius 3 is 2.73 bits per heavy atom. The Morgan fingerprint density at radius 2 is 2.09 bits per heavy atom. The highest BCUT2D eigenvalue weighted by atomic mass is 32.1. The zero-order valence-corrected chi connectivity index (χ0v) is 12.9. The van der Waals surface area contributed by atoms with Crippen molar-refractivity contribution in [3.63, 3.8) is 0 Å². The number of Topliss-reactive ketones (excluding diaryl/α,β-unsaturated/α-hetero) is 1. The number of benzene rings is 1. The maximum Gasteiger partial charge on any atom is 0.407 e. The predicted molar refractivity (Wildman–Crippen MR) is 82.8 cm³/mol. The van der Waals surface area contributed by atoms with E-state index in [2.05, 4.69) is 4.98 Å². The highest BCUT2D eigenvalue weighted by Gasteiger charge is 2.29. The molecule has 1 saturated heterocycles. The van der Waals surface area contributed by atoms with E-state index in [4.69, 9.17) is 9.84 Å². The second kappa shape index (κ2) is 5.92. The van der Waals surface area contributed by atoms with Crippen LogP contribution in [0.4, 0.5) is 4.79 Å². The minimum absolute atomic E-state index is 0.0187. The zero-order valence-electron chi connectivity index (χ0n) is 12.1. The lowest BCUT2D eigenvalue weighted by Gasteiger charge is -2.28. The van der Waals surface area contributed by atoms with Gasteiger partial charge in [-0.3, -0.25) is 4.79 Å². The van der Waals surface area contributed by atoms with Crippen LogP contribution in [0.1, 0.15) is 22.6 Å². The quantitative estimate of drug-likeness (QED) is 0.880. The number of thiazole rings is 1. The molecule has 3 rings (SSSR count). The summed E-state index contributed by atoms with van der Waals surface area (Å²) < 4.78 is 6.10. The average Bonchev–Trinajstić information content (AvgIpc) is 2.97. The first-order valence-electron chi connectivity index (χ1n) is 7.05. The number of aromatic nitrogens is 1. The van der Waals surface area contributed by atoms with E-state index >= 15 is 0 Å². The van der Waals surface area contributed by atoms with Gasteiger partial charge < -0.3 is 14.7 Å². The second-order valence-corrected chi connectivity index (χ2v) is 6.29. The lowest BCUT2D eigenvalue weighted by Crippen LogP contribution is -2.39. The maximum absolute atomic E-state index is 12.6. The first-order chi connectivity index (χ1) is 10.6. The molecule has 1 N–H and O–H groups in total. The molecule has 0 saturated carbocycles. The maximum atomic E-state index is 12.6. The monoisotopic (exact) mass is 320 g/mol. The number of amides is 1. The number of carbonyl (C=O) groups excluding carboxylic acids is 1. The molecule has 0 aliphatic carbocycles. The molecule has 0 radical (unpaired) electrons. The van der Waals surface area contributed by atoms with Gasteiger partial charge in [0.15, 0.2) is 10.8 Å². The molecule has 1 aromatic heterocycles. The molecule has 116 valence electrons. The van der Waals surface area contributed by atoms with Crippen molar-refractivity contribution in [2.24, 2.45) is 5.92 Å². The van der Waals surface area contributed by atoms with Crippen LogP contribution in [0, 0.1) is 5.92 Å². The summed E-state index contributed by atoms with van der Waals surface area (Å²) in [6.07, 6.45) is 0.201. The fourth-order valence-electron chi connectivity index (χ4n) is 2.64. The first kappa shape index (κ1) is 14.8. The number of carbonyl (C=O) groups is 2. The third kappa shape index (κ3) is 2.76. The summed E-state index contributed by atoms with van der Waals surface area (Å²) in [5.41, 5.74) is 0.789. The highest BCUT2D eigenvalue weighted by molar-refractivity contribution is 7.20. The van der Waals surface area contributed by atoms with Crippen LogP contribution in [-0.4, -0.2) is 47.1 Å². The predicted octanol–water partition coefficient (Wildman–Crippen LogP) is 2.88. The van der Waals surface area contributed by atoms with Crippen molar-refractivity contribution in [2.75, 3.05) is 20.2 Å². The lowest BCUT2D eigenvalue weighted by molar-refractivity contribution is 0.0821. The molecule has 1 fully saturated rings. The molecule has 0 atom stereocenters. The van der Waals surface area contributed by atoms with Gasteiger partial charge in [-0.2, -0.15) is 0 Å². The van der Waals surface area contributed by atoms with Crippen molar-refractivity contribution >= 4 is 33.4 Å². The van der Waals surface area contributed by atoms with Gasteiger partial charge in [-0.25, -0.2) is 9.78 Å². The van der Waals surface area contributed by atoms with E-state index in [1.165, 1.54) is 16.2 Å². The summed E-state index contributed by atoms with van der Waals surface area (Å²) in [5.74, 6) is 0.619. The molecule has 0 spiro atoms. The van der Waals surface area contributed by atoms with Crippen LogP contribution in [0.25, 0.3) is 10.2 Å². The summed E-state index contributed by atoms with van der Waals surface area (Å²) in [5, 5.41) is 9.44. The second-order valence-electron chi connectivity index (χ2n) is 5.26. The topological polar surface area (TPSA) is 79.7 Å². The highest BCUT2D eigenvalue weighted by Crippen LogP contribution is 2.29. The largest absolute Gasteiger partial charge is 0.497 e. The van der Waals surface area contributed by atoms with Crippen LogP contribution in [0.3, 0.4) is 0 Å². The van der Waals surface area contributed by atoms with E-state index in [1.54, 1.807) is 7.11 Å². The number of rotatable bonds is 3. The minimum Gasteiger partial charge on any atom is -0.497 e. The molecule has 1 aliphatic heterocycles. The summed E-state index contributed by atoms with van der Waals surface area (Å²) >= 11 is 1.37. The molecular formula is C15H16N2O4S. The summed E-state index contributed by atoms with van der Waals surface area (Å²) in [7, 11) is 1.60. The molecule has 2 aromatic rings. The van der Waals surface area contributed by atoms with Gasteiger partial charge >= 0.3 is 6.09 Å². The van der Waals surface area contributed by atoms with Crippen molar-refractivity contribution in [1.29, 1.82) is 0 Å². The van der Waals surface area contributed by atoms with Crippen molar-refractivity contribution in [3.05, 3.63) is 23.2 Å². The third-order valence-corrected chi connectivity index (χ3v) is 4.98. The molecule has 22 heavy (non-hydrogen) atoms. The number of hydrogen-bond donors (Lipinski definition) is 1. The summed E-state index contributed by atoms with van der Waals surface area (Å²) in [4.78, 5) is 29.2. The first-order valence-corrected chi connectivity index (χ1v) is 7.87. The Labute approximate surface area is 131 Å². The fourth-order valence-corrected chi connectivity index (χ4v) is 3.66. The molecule has 7 heteroatoms. The normalized spacial score (nSPS) is 16.0. The van der Waals surface area contributed by atoms with Crippen LogP contribution in [-0.2, 0) is 0 Å². The number of likely N-dealkylation sites (tertiary alicyclic amines) is 1. The smallest absolute Gasteiger partial charge is 0.407 e. The molecule has 1 amide bonds. The molecule has 0 bridgehead atoms. The molecule has 1 aromatic carbocycles. The van der Waals surface area contributed by atoms with Gasteiger partial charge in [0, 0.05) is 19.0 Å². The number of nitrogens with zero attached hydrogens (tertiary/aromatic N) is 2. The van der Waals surface area contributed by atoms with Gasteiger partial charge in [-0.15, -0.1) is 11.3 Å². The number of ketones is 1. The van der Waals surface area contributed by atoms with Crippen molar-refractivity contribution < 1.29 is 19.4 Å². The van der Waals surface area contributed by atoms with Crippen LogP contribution in [0.15, 0.2) is 18.2 Å². The standard InChI is InChI=1S/C15H16N2O4S/c1-21-10-2-3-11-12(8-10)22-14(16-11)13(18)9-4-6-17(7-5-9)15(19)20/h2-3,8-9H,4-7H2,1H3,(H,19,20). The number of hydrogen-bond acceptors (Lipinski definition) is 5. The van der Waals surface area contributed by atoms with Crippen molar-refractivity contribution in [1.82, 2.24) is 9.88 Å². The Morgan fingerprint density at radius 1 is 1.36 bits per heavy atom. The minimum atomic E-state index is -0.919. The van der Waals surface area contributed by atoms with Gasteiger partial charge in [0.05, 0.1) is 17.3 Å². The SMILES string of the molecule is COc1ccc2nc(C(=O)C3CCN(C(=O)O)CC3)sc2c1. The van der Waals surface area contributed by atoms with Crippen LogP contribution >= 0.6 is 11.3 Å². The van der Waals surface area contributed by atoms with Gasteiger partial charge in [-0.05, 0) is 31.0 Å². The molecule has 0 unspecified atom stereocenters. The number of fused-ring (bicyclic) bond motifs is 1. The van der Waals surface area contributed by atoms with E-state index in [1.807, 2.05) is 18.2 Å². The van der Waals surface area contributed by atoms with Crippen LogP contribution in [0.5, 0.6) is 5.75 Å². The lowest BCUT2D eigenvalue weighted by atomic mass is 9.93. The van der Waals surface area contributed by atoms with E-state index in [0.717, 1.165) is 16.0 Å². The zero-order chi connectivity index (χ0) is 15.7. The van der Waals surface area contributed by atoms with E-state index in [-0.39, 0.29) is 11.7 Å². The van der Waals surface area contributed by atoms with Gasteiger partial charge in [0.1, 0.15) is 5.75 Å². The average molecular weight is 320 g/mol. The van der Waals surface area contributed by atoms with Crippen molar-refractivity contribution in [2.45, 2.75) is 12.8 Å². The summed E-state index contributed by atoms with van der Waals surface area (Å²) in [6.45, 7) is 0.814. The number of ether oxygens (including phenoxy) is 1. The number of methoxy groups -OCH3 is 1. The van der Waals surface area contributed by atoms with Gasteiger partial charge in [0.2, 0.25) is 0 Å². The van der Waals surface area contributed by atoms with E-state index in [9.17, 15) is 9.59 Å². The van der Waals surface area contributed by atoms with Gasteiger partial charge in [-0.1, -0.05) is 0 Å². The Bertz CT molecular complexity index is 719.